The Balaban J connectivity index is 2.24. The summed E-state index contributed by atoms with van der Waals surface area (Å²) in [5.41, 5.74) is 5.65. The summed E-state index contributed by atoms with van der Waals surface area (Å²) in [7, 11) is 0. The summed E-state index contributed by atoms with van der Waals surface area (Å²) in [6.07, 6.45) is 1.27. The number of aryl methyl sites for hydroxylation is 2. The number of carboxylic acid groups (broad SMARTS) is 1. The molecule has 1 unspecified atom stereocenters. The molecule has 2 heterocycles. The van der Waals surface area contributed by atoms with Gasteiger partial charge in [0.2, 0.25) is 0 Å². The minimum Gasteiger partial charge on any atom is -0.480 e. The number of hydrogen-bond acceptors (Lipinski definition) is 5. The van der Waals surface area contributed by atoms with Gasteiger partial charge in [-0.2, -0.15) is 0 Å². The zero-order chi connectivity index (χ0) is 13.3. The maximum absolute atomic E-state index is 11.1. The number of hydrogen-bond donors (Lipinski definition) is 2. The molecule has 98 valence electrons. The van der Waals surface area contributed by atoms with Crippen LogP contribution in [0.25, 0.3) is 0 Å². The summed E-state index contributed by atoms with van der Waals surface area (Å²) in [5, 5.41) is 9.11. The van der Waals surface area contributed by atoms with Gasteiger partial charge in [-0.15, -0.1) is 0 Å². The van der Waals surface area contributed by atoms with E-state index < -0.39 is 11.5 Å². The Morgan fingerprint density at radius 2 is 2.33 bits per heavy atom. The lowest BCUT2D eigenvalue weighted by Gasteiger charge is -2.21. The Morgan fingerprint density at radius 1 is 1.61 bits per heavy atom. The van der Waals surface area contributed by atoms with Crippen molar-refractivity contribution in [3.63, 3.8) is 0 Å². The van der Waals surface area contributed by atoms with Crippen molar-refractivity contribution in [2.75, 3.05) is 18.0 Å². The molecule has 1 fully saturated rings. The minimum atomic E-state index is -1.16. The Labute approximate surface area is 106 Å². The van der Waals surface area contributed by atoms with Crippen molar-refractivity contribution >= 4 is 11.8 Å². The van der Waals surface area contributed by atoms with Crippen molar-refractivity contribution in [3.8, 4) is 0 Å². The van der Waals surface area contributed by atoms with E-state index in [0.29, 0.717) is 25.3 Å². The summed E-state index contributed by atoms with van der Waals surface area (Å²) >= 11 is 0. The highest BCUT2D eigenvalue weighted by Crippen LogP contribution is 2.24. The quantitative estimate of drug-likeness (QED) is 0.803. The summed E-state index contributed by atoms with van der Waals surface area (Å²) < 4.78 is 0. The van der Waals surface area contributed by atoms with Gasteiger partial charge in [-0.05, 0) is 19.8 Å². The second kappa shape index (κ2) is 4.53. The van der Waals surface area contributed by atoms with Crippen LogP contribution in [0.5, 0.6) is 0 Å². The fourth-order valence-corrected chi connectivity index (χ4v) is 2.16. The third-order valence-electron chi connectivity index (χ3n) is 3.29. The maximum Gasteiger partial charge on any atom is 0.325 e. The fraction of sp³-hybridized carbons (Fsp3) is 0.583. The van der Waals surface area contributed by atoms with E-state index >= 15 is 0 Å². The molecule has 0 aromatic carbocycles. The van der Waals surface area contributed by atoms with Crippen molar-refractivity contribution < 1.29 is 9.90 Å². The van der Waals surface area contributed by atoms with Gasteiger partial charge < -0.3 is 15.7 Å². The SMILES string of the molecule is CCc1cc(N2CCC(N)(C(=O)O)C2)nc(C)n1. The van der Waals surface area contributed by atoms with Crippen molar-refractivity contribution in [1.82, 2.24) is 9.97 Å². The van der Waals surface area contributed by atoms with E-state index in [1.165, 1.54) is 0 Å². The normalized spacial score (nSPS) is 23.4. The highest BCUT2D eigenvalue weighted by atomic mass is 16.4. The highest BCUT2D eigenvalue weighted by Gasteiger charge is 2.41. The number of rotatable bonds is 3. The van der Waals surface area contributed by atoms with Crippen LogP contribution < -0.4 is 10.6 Å². The van der Waals surface area contributed by atoms with E-state index in [2.05, 4.69) is 9.97 Å². The van der Waals surface area contributed by atoms with E-state index in [1.807, 2.05) is 24.8 Å². The first-order valence-corrected chi connectivity index (χ1v) is 6.06. The second-order valence-electron chi connectivity index (χ2n) is 4.75. The van der Waals surface area contributed by atoms with E-state index in [9.17, 15) is 4.79 Å². The lowest BCUT2D eigenvalue weighted by atomic mass is 10.0. The van der Waals surface area contributed by atoms with Crippen LogP contribution in [-0.2, 0) is 11.2 Å². The van der Waals surface area contributed by atoms with Crippen LogP contribution in [0.1, 0.15) is 24.9 Å². The van der Waals surface area contributed by atoms with Gasteiger partial charge in [-0.1, -0.05) is 6.92 Å². The molecule has 1 aliphatic heterocycles. The molecule has 3 N–H and O–H groups in total. The van der Waals surface area contributed by atoms with Crippen molar-refractivity contribution in [2.24, 2.45) is 5.73 Å². The van der Waals surface area contributed by atoms with Crippen LogP contribution in [0, 0.1) is 6.92 Å². The molecule has 0 saturated carbocycles. The molecule has 1 aromatic heterocycles. The number of nitrogens with two attached hydrogens (primary N) is 1. The van der Waals surface area contributed by atoms with Gasteiger partial charge in [0.15, 0.2) is 0 Å². The third-order valence-corrected chi connectivity index (χ3v) is 3.29. The highest BCUT2D eigenvalue weighted by molar-refractivity contribution is 5.80. The Hall–Kier alpha value is -1.69. The topological polar surface area (TPSA) is 92.3 Å². The molecule has 1 aromatic rings. The predicted molar refractivity (Wildman–Crippen MR) is 67.5 cm³/mol. The second-order valence-corrected chi connectivity index (χ2v) is 4.75. The number of nitrogens with zero attached hydrogens (tertiary/aromatic N) is 3. The number of aromatic nitrogens is 2. The van der Waals surface area contributed by atoms with Gasteiger partial charge in [0.05, 0.1) is 0 Å². The van der Waals surface area contributed by atoms with E-state index in [-0.39, 0.29) is 0 Å². The fourth-order valence-electron chi connectivity index (χ4n) is 2.16. The van der Waals surface area contributed by atoms with Crippen LogP contribution >= 0.6 is 0 Å². The van der Waals surface area contributed by atoms with Crippen LogP contribution in [0.3, 0.4) is 0 Å². The van der Waals surface area contributed by atoms with Crippen molar-refractivity contribution in [3.05, 3.63) is 17.6 Å². The third kappa shape index (κ3) is 2.28. The molecular formula is C12H18N4O2. The molecule has 1 aliphatic rings. The zero-order valence-corrected chi connectivity index (χ0v) is 10.7. The number of aliphatic carboxylic acids is 1. The average molecular weight is 250 g/mol. The summed E-state index contributed by atoms with van der Waals surface area (Å²) in [6, 6.07) is 1.90. The molecule has 0 spiro atoms. The smallest absolute Gasteiger partial charge is 0.325 e. The molecule has 18 heavy (non-hydrogen) atoms. The van der Waals surface area contributed by atoms with Crippen molar-refractivity contribution in [2.45, 2.75) is 32.2 Å². The summed E-state index contributed by atoms with van der Waals surface area (Å²) in [4.78, 5) is 21.7. The van der Waals surface area contributed by atoms with Crippen LogP contribution in [-0.4, -0.2) is 39.7 Å². The lowest BCUT2D eigenvalue weighted by molar-refractivity contribution is -0.142. The van der Waals surface area contributed by atoms with Crippen LogP contribution in [0.2, 0.25) is 0 Å². The van der Waals surface area contributed by atoms with Gasteiger partial charge in [0, 0.05) is 24.8 Å². The number of anilines is 1. The number of carbonyl (C=O) groups is 1. The van der Waals surface area contributed by atoms with Crippen LogP contribution in [0.15, 0.2) is 6.07 Å². The maximum atomic E-state index is 11.1. The standard InChI is InChI=1S/C12H18N4O2/c1-3-9-6-10(15-8(2)14-9)16-5-4-12(13,7-16)11(17)18/h6H,3-5,7,13H2,1-2H3,(H,17,18). The zero-order valence-electron chi connectivity index (χ0n) is 10.7. The largest absolute Gasteiger partial charge is 0.480 e. The first-order chi connectivity index (χ1) is 8.44. The Bertz CT molecular complexity index is 477. The molecule has 0 bridgehead atoms. The Kier molecular flexibility index (Phi) is 3.21. The molecule has 6 heteroatoms. The number of carboxylic acids is 1. The summed E-state index contributed by atoms with van der Waals surface area (Å²) in [5.74, 6) is 0.522. The molecule has 1 atom stereocenters. The summed E-state index contributed by atoms with van der Waals surface area (Å²) in [6.45, 7) is 4.77. The molecule has 1 saturated heterocycles. The van der Waals surface area contributed by atoms with Gasteiger partial charge in [-0.3, -0.25) is 4.79 Å². The monoisotopic (exact) mass is 250 g/mol. The van der Waals surface area contributed by atoms with Gasteiger partial charge in [-0.25, -0.2) is 9.97 Å². The molecular weight excluding hydrogens is 232 g/mol. The molecule has 6 nitrogen and oxygen atoms in total. The molecule has 2 rings (SSSR count). The van der Waals surface area contributed by atoms with E-state index in [4.69, 9.17) is 10.8 Å². The van der Waals surface area contributed by atoms with Crippen molar-refractivity contribution in [1.29, 1.82) is 0 Å². The molecule has 0 aliphatic carbocycles. The van der Waals surface area contributed by atoms with Gasteiger partial charge in [0.25, 0.3) is 0 Å². The predicted octanol–water partition coefficient (Wildman–Crippen LogP) is 0.340. The Morgan fingerprint density at radius 3 is 2.89 bits per heavy atom. The average Bonchev–Trinajstić information content (AvgIpc) is 2.72. The van der Waals surface area contributed by atoms with Gasteiger partial charge >= 0.3 is 5.97 Å². The first kappa shape index (κ1) is 12.8. The minimum absolute atomic E-state index is 0.294. The van der Waals surface area contributed by atoms with Gasteiger partial charge in [0.1, 0.15) is 17.2 Å². The van der Waals surface area contributed by atoms with Crippen LogP contribution in [0.4, 0.5) is 5.82 Å². The molecule has 0 amide bonds. The first-order valence-electron chi connectivity index (χ1n) is 6.06. The van der Waals surface area contributed by atoms with E-state index in [1.54, 1.807) is 0 Å². The molecule has 0 radical (unpaired) electrons. The lowest BCUT2D eigenvalue weighted by Crippen LogP contribution is -2.50. The van der Waals surface area contributed by atoms with E-state index in [0.717, 1.165) is 17.9 Å².